The van der Waals surface area contributed by atoms with Gasteiger partial charge in [-0.3, -0.25) is 14.8 Å². The number of carbonyl (C=O) groups excluding carboxylic acids is 1. The van der Waals surface area contributed by atoms with E-state index in [-0.39, 0.29) is 5.91 Å². The van der Waals surface area contributed by atoms with Gasteiger partial charge in [0.15, 0.2) is 0 Å². The third-order valence-electron chi connectivity index (χ3n) is 3.78. The van der Waals surface area contributed by atoms with Crippen molar-refractivity contribution < 1.29 is 4.79 Å². The first kappa shape index (κ1) is 15.3. The molecule has 0 fully saturated rings. The van der Waals surface area contributed by atoms with Crippen LogP contribution in [-0.2, 0) is 6.54 Å². The van der Waals surface area contributed by atoms with E-state index in [0.717, 1.165) is 39.6 Å². The van der Waals surface area contributed by atoms with Crippen LogP contribution >= 0.6 is 11.7 Å². The molecule has 0 aliphatic heterocycles. The van der Waals surface area contributed by atoms with Gasteiger partial charge in [-0.1, -0.05) is 6.07 Å². The van der Waals surface area contributed by atoms with E-state index in [4.69, 9.17) is 0 Å². The highest BCUT2D eigenvalue weighted by Gasteiger charge is 2.11. The highest BCUT2D eigenvalue weighted by Crippen LogP contribution is 2.20. The van der Waals surface area contributed by atoms with E-state index in [9.17, 15) is 4.79 Å². The molecule has 0 unspecified atom stereocenters. The number of fused-ring (bicyclic) bond motifs is 1. The zero-order valence-electron chi connectivity index (χ0n) is 13.1. The van der Waals surface area contributed by atoms with E-state index >= 15 is 0 Å². The summed E-state index contributed by atoms with van der Waals surface area (Å²) in [5, 5.41) is 2.94. The van der Waals surface area contributed by atoms with Gasteiger partial charge in [0.05, 0.1) is 17.4 Å². The quantitative estimate of drug-likeness (QED) is 0.613. The zero-order valence-corrected chi connectivity index (χ0v) is 13.9. The van der Waals surface area contributed by atoms with Crippen LogP contribution < -0.4 is 5.32 Å². The Balaban J connectivity index is 1.54. The molecule has 1 aromatic carbocycles. The molecule has 0 bridgehead atoms. The van der Waals surface area contributed by atoms with Gasteiger partial charge in [-0.15, -0.1) is 0 Å². The van der Waals surface area contributed by atoms with Crippen molar-refractivity contribution in [3.05, 3.63) is 72.2 Å². The molecule has 7 heteroatoms. The van der Waals surface area contributed by atoms with Crippen LogP contribution in [0.5, 0.6) is 0 Å². The number of pyridine rings is 2. The summed E-state index contributed by atoms with van der Waals surface area (Å²) in [5.41, 5.74) is 4.76. The molecular formula is C18H13N5OS. The van der Waals surface area contributed by atoms with Gasteiger partial charge in [0.2, 0.25) is 0 Å². The van der Waals surface area contributed by atoms with Crippen LogP contribution in [0.4, 0.5) is 0 Å². The SMILES string of the molecule is O=C(NCc1cccnc1-c1cccnc1)c1ccc2nsnc2c1. The minimum Gasteiger partial charge on any atom is -0.348 e. The molecule has 0 saturated carbocycles. The molecule has 122 valence electrons. The summed E-state index contributed by atoms with van der Waals surface area (Å²) < 4.78 is 8.31. The Labute approximate surface area is 147 Å². The lowest BCUT2D eigenvalue weighted by atomic mass is 10.1. The molecule has 1 amide bonds. The maximum absolute atomic E-state index is 12.4. The lowest BCUT2D eigenvalue weighted by molar-refractivity contribution is 0.0951. The second-order valence-electron chi connectivity index (χ2n) is 5.40. The minimum absolute atomic E-state index is 0.157. The third-order valence-corrected chi connectivity index (χ3v) is 4.34. The molecule has 0 radical (unpaired) electrons. The number of nitrogens with zero attached hydrogens (tertiary/aromatic N) is 4. The second kappa shape index (κ2) is 6.74. The molecule has 4 aromatic rings. The Morgan fingerprint density at radius 2 is 1.92 bits per heavy atom. The maximum atomic E-state index is 12.4. The summed E-state index contributed by atoms with van der Waals surface area (Å²) >= 11 is 1.14. The van der Waals surface area contributed by atoms with Crippen LogP contribution in [0.3, 0.4) is 0 Å². The molecule has 0 saturated heterocycles. The van der Waals surface area contributed by atoms with Crippen molar-refractivity contribution in [2.24, 2.45) is 0 Å². The molecule has 0 aliphatic rings. The van der Waals surface area contributed by atoms with Crippen LogP contribution in [0.25, 0.3) is 22.3 Å². The third kappa shape index (κ3) is 3.22. The lowest BCUT2D eigenvalue weighted by Gasteiger charge is -2.10. The van der Waals surface area contributed by atoms with E-state index in [1.54, 1.807) is 36.8 Å². The van der Waals surface area contributed by atoms with Crippen molar-refractivity contribution in [1.29, 1.82) is 0 Å². The van der Waals surface area contributed by atoms with Crippen LogP contribution in [0.2, 0.25) is 0 Å². The lowest BCUT2D eigenvalue weighted by Crippen LogP contribution is -2.23. The molecule has 6 nitrogen and oxygen atoms in total. The number of amides is 1. The zero-order chi connectivity index (χ0) is 17.1. The minimum atomic E-state index is -0.157. The summed E-state index contributed by atoms with van der Waals surface area (Å²) in [5.74, 6) is -0.157. The molecule has 4 rings (SSSR count). The highest BCUT2D eigenvalue weighted by molar-refractivity contribution is 7.00. The Hall–Kier alpha value is -3.19. The largest absolute Gasteiger partial charge is 0.348 e. The molecule has 1 N–H and O–H groups in total. The number of nitrogens with one attached hydrogen (secondary N) is 1. The van der Waals surface area contributed by atoms with Gasteiger partial charge in [0.1, 0.15) is 11.0 Å². The van der Waals surface area contributed by atoms with Gasteiger partial charge < -0.3 is 5.32 Å². The summed E-state index contributed by atoms with van der Waals surface area (Å²) in [7, 11) is 0. The average Bonchev–Trinajstić information content (AvgIpc) is 3.15. The topological polar surface area (TPSA) is 80.7 Å². The fraction of sp³-hybridized carbons (Fsp3) is 0.0556. The number of rotatable bonds is 4. The van der Waals surface area contributed by atoms with Crippen molar-refractivity contribution in [3.8, 4) is 11.3 Å². The highest BCUT2D eigenvalue weighted by atomic mass is 32.1. The van der Waals surface area contributed by atoms with E-state index in [1.807, 2.05) is 24.3 Å². The van der Waals surface area contributed by atoms with Crippen molar-refractivity contribution in [2.45, 2.75) is 6.54 Å². The normalized spacial score (nSPS) is 10.7. The molecule has 0 aliphatic carbocycles. The number of hydrogen-bond donors (Lipinski definition) is 1. The smallest absolute Gasteiger partial charge is 0.251 e. The Kier molecular flexibility index (Phi) is 4.14. The van der Waals surface area contributed by atoms with Gasteiger partial charge in [-0.2, -0.15) is 8.75 Å². The van der Waals surface area contributed by atoms with E-state index in [1.165, 1.54) is 0 Å². The van der Waals surface area contributed by atoms with Crippen molar-refractivity contribution >= 4 is 28.7 Å². The van der Waals surface area contributed by atoms with Gasteiger partial charge in [0, 0.05) is 36.3 Å². The molecule has 3 aromatic heterocycles. The maximum Gasteiger partial charge on any atom is 0.251 e. The molecular weight excluding hydrogens is 334 g/mol. The van der Waals surface area contributed by atoms with Gasteiger partial charge in [0.25, 0.3) is 5.91 Å². The second-order valence-corrected chi connectivity index (χ2v) is 5.93. The Morgan fingerprint density at radius 3 is 2.80 bits per heavy atom. The van der Waals surface area contributed by atoms with E-state index in [0.29, 0.717) is 12.1 Å². The van der Waals surface area contributed by atoms with Crippen LogP contribution in [0, 0.1) is 0 Å². The van der Waals surface area contributed by atoms with E-state index < -0.39 is 0 Å². The Bertz CT molecular complexity index is 1030. The molecule has 25 heavy (non-hydrogen) atoms. The molecule has 0 atom stereocenters. The standard InChI is InChI=1S/C18H13N5OS/c24-18(12-5-6-15-16(9-12)23-25-22-15)21-11-14-4-2-8-20-17(14)13-3-1-7-19-10-13/h1-10H,11H2,(H,21,24). The van der Waals surface area contributed by atoms with Crippen LogP contribution in [0.15, 0.2) is 61.1 Å². The predicted molar refractivity (Wildman–Crippen MR) is 96.1 cm³/mol. The fourth-order valence-corrected chi connectivity index (χ4v) is 3.06. The molecule has 3 heterocycles. The number of benzene rings is 1. The first-order chi connectivity index (χ1) is 12.3. The van der Waals surface area contributed by atoms with E-state index in [2.05, 4.69) is 24.0 Å². The average molecular weight is 347 g/mol. The summed E-state index contributed by atoms with van der Waals surface area (Å²) in [6, 6.07) is 12.9. The van der Waals surface area contributed by atoms with Crippen LogP contribution in [0.1, 0.15) is 15.9 Å². The van der Waals surface area contributed by atoms with Crippen LogP contribution in [-0.4, -0.2) is 24.6 Å². The summed E-state index contributed by atoms with van der Waals surface area (Å²) in [4.78, 5) is 21.0. The van der Waals surface area contributed by atoms with Gasteiger partial charge in [-0.05, 0) is 42.0 Å². The fourth-order valence-electron chi connectivity index (χ4n) is 2.54. The van der Waals surface area contributed by atoms with Gasteiger partial charge >= 0.3 is 0 Å². The monoisotopic (exact) mass is 347 g/mol. The predicted octanol–water partition coefficient (Wildman–Crippen LogP) is 3.08. The summed E-state index contributed by atoms with van der Waals surface area (Å²) in [6.07, 6.45) is 5.21. The van der Waals surface area contributed by atoms with Crippen molar-refractivity contribution in [2.75, 3.05) is 0 Å². The Morgan fingerprint density at radius 1 is 1.04 bits per heavy atom. The van der Waals surface area contributed by atoms with Crippen molar-refractivity contribution in [3.63, 3.8) is 0 Å². The number of carbonyl (C=O) groups is 1. The first-order valence-corrected chi connectivity index (χ1v) is 8.39. The van der Waals surface area contributed by atoms with Gasteiger partial charge in [-0.25, -0.2) is 0 Å². The van der Waals surface area contributed by atoms with Crippen molar-refractivity contribution in [1.82, 2.24) is 24.0 Å². The number of aromatic nitrogens is 4. The number of hydrogen-bond acceptors (Lipinski definition) is 6. The molecule has 0 spiro atoms. The summed E-state index contributed by atoms with van der Waals surface area (Å²) in [6.45, 7) is 0.379. The first-order valence-electron chi connectivity index (χ1n) is 7.66.